The van der Waals surface area contributed by atoms with Crippen LogP contribution in [0.1, 0.15) is 38.2 Å². The topological polar surface area (TPSA) is 57.1 Å². The Morgan fingerprint density at radius 3 is 2.46 bits per heavy atom. The van der Waals surface area contributed by atoms with Gasteiger partial charge < -0.3 is 20.1 Å². The summed E-state index contributed by atoms with van der Waals surface area (Å²) in [6, 6.07) is 8.05. The molecule has 0 unspecified atom stereocenters. The van der Waals surface area contributed by atoms with Crippen molar-refractivity contribution in [2.24, 2.45) is 4.99 Å². The average molecular weight is 447 g/mol. The third kappa shape index (κ3) is 6.12. The predicted molar refractivity (Wildman–Crippen MR) is 109 cm³/mol. The van der Waals surface area contributed by atoms with Gasteiger partial charge in [-0.3, -0.25) is 4.99 Å². The second-order valence-corrected chi connectivity index (χ2v) is 6.31. The number of rotatable bonds is 6. The molecule has 1 fully saturated rings. The molecule has 2 rings (SSSR count). The van der Waals surface area contributed by atoms with Crippen LogP contribution in [0, 0.1) is 0 Å². The number of ether oxygens (including phenoxy) is 1. The predicted octanol–water partition coefficient (Wildman–Crippen LogP) is 3.02. The van der Waals surface area contributed by atoms with E-state index in [0.717, 1.165) is 50.5 Å². The fourth-order valence-electron chi connectivity index (χ4n) is 2.96. The molecule has 0 amide bonds. The van der Waals surface area contributed by atoms with Gasteiger partial charge in [-0.25, -0.2) is 0 Å². The van der Waals surface area contributed by atoms with Crippen LogP contribution in [-0.4, -0.2) is 48.8 Å². The van der Waals surface area contributed by atoms with Crippen molar-refractivity contribution in [3.63, 3.8) is 0 Å². The van der Waals surface area contributed by atoms with Gasteiger partial charge in [-0.15, -0.1) is 24.0 Å². The molecule has 0 atom stereocenters. The second-order valence-electron chi connectivity index (χ2n) is 6.31. The monoisotopic (exact) mass is 447 g/mol. The van der Waals surface area contributed by atoms with Gasteiger partial charge in [0.1, 0.15) is 5.75 Å². The SMILES string of the molecule is CCNC(=NCC1(O)CCCC1)N(C)Cc1ccc(OC)cc1.I. The average Bonchev–Trinajstić information content (AvgIpc) is 2.99. The number of aliphatic imine (C=N–C) groups is 1. The van der Waals surface area contributed by atoms with Gasteiger partial charge in [0.2, 0.25) is 0 Å². The molecule has 1 saturated carbocycles. The van der Waals surface area contributed by atoms with Gasteiger partial charge in [-0.2, -0.15) is 0 Å². The molecule has 0 aromatic heterocycles. The number of halogens is 1. The van der Waals surface area contributed by atoms with Gasteiger partial charge in [0.15, 0.2) is 5.96 Å². The molecule has 6 heteroatoms. The molecule has 0 bridgehead atoms. The summed E-state index contributed by atoms with van der Waals surface area (Å²) in [6.45, 7) is 4.10. The van der Waals surface area contributed by atoms with Crippen molar-refractivity contribution < 1.29 is 9.84 Å². The van der Waals surface area contributed by atoms with Gasteiger partial charge >= 0.3 is 0 Å². The number of benzene rings is 1. The van der Waals surface area contributed by atoms with Gasteiger partial charge in [0.05, 0.1) is 19.3 Å². The van der Waals surface area contributed by atoms with Crippen LogP contribution in [-0.2, 0) is 6.54 Å². The van der Waals surface area contributed by atoms with Crippen molar-refractivity contribution >= 4 is 29.9 Å². The van der Waals surface area contributed by atoms with Crippen molar-refractivity contribution in [2.75, 3.05) is 27.2 Å². The lowest BCUT2D eigenvalue weighted by molar-refractivity contribution is 0.0572. The van der Waals surface area contributed by atoms with Gasteiger partial charge in [0, 0.05) is 20.1 Å². The van der Waals surface area contributed by atoms with Crippen molar-refractivity contribution in [3.05, 3.63) is 29.8 Å². The fraction of sp³-hybridized carbons (Fsp3) is 0.611. The number of hydrogen-bond donors (Lipinski definition) is 2. The maximum Gasteiger partial charge on any atom is 0.194 e. The Labute approximate surface area is 162 Å². The summed E-state index contributed by atoms with van der Waals surface area (Å²) < 4.78 is 5.19. The molecule has 0 heterocycles. The van der Waals surface area contributed by atoms with E-state index in [1.165, 1.54) is 5.56 Å². The zero-order valence-electron chi connectivity index (χ0n) is 14.9. The minimum Gasteiger partial charge on any atom is -0.497 e. The summed E-state index contributed by atoms with van der Waals surface area (Å²) in [5.74, 6) is 1.70. The standard InChI is InChI=1S/C18H29N3O2.HI/c1-4-19-17(20-14-18(22)11-5-6-12-18)21(2)13-15-7-9-16(23-3)10-8-15;/h7-10,22H,4-6,11-14H2,1-3H3,(H,19,20);1H. The highest BCUT2D eigenvalue weighted by Gasteiger charge is 2.30. The smallest absolute Gasteiger partial charge is 0.194 e. The number of hydrogen-bond acceptors (Lipinski definition) is 3. The Balaban J connectivity index is 0.00000288. The van der Waals surface area contributed by atoms with E-state index in [2.05, 4.69) is 34.3 Å². The van der Waals surface area contributed by atoms with Crippen LogP contribution >= 0.6 is 24.0 Å². The minimum absolute atomic E-state index is 0. The third-order valence-electron chi connectivity index (χ3n) is 4.33. The summed E-state index contributed by atoms with van der Waals surface area (Å²) in [6.07, 6.45) is 3.92. The molecule has 5 nitrogen and oxygen atoms in total. The minimum atomic E-state index is -0.609. The maximum atomic E-state index is 10.5. The fourth-order valence-corrected chi connectivity index (χ4v) is 2.96. The lowest BCUT2D eigenvalue weighted by atomic mass is 10.0. The van der Waals surface area contributed by atoms with E-state index in [4.69, 9.17) is 4.74 Å². The van der Waals surface area contributed by atoms with E-state index in [0.29, 0.717) is 6.54 Å². The van der Waals surface area contributed by atoms with Crippen LogP contribution in [0.4, 0.5) is 0 Å². The highest BCUT2D eigenvalue weighted by atomic mass is 127. The van der Waals surface area contributed by atoms with E-state index in [-0.39, 0.29) is 24.0 Å². The van der Waals surface area contributed by atoms with Crippen LogP contribution in [0.5, 0.6) is 5.75 Å². The van der Waals surface area contributed by atoms with Crippen LogP contribution < -0.4 is 10.1 Å². The number of aliphatic hydroxyl groups is 1. The molecule has 1 aliphatic rings. The van der Waals surface area contributed by atoms with Gasteiger partial charge in [-0.1, -0.05) is 25.0 Å². The van der Waals surface area contributed by atoms with Crippen LogP contribution in [0.3, 0.4) is 0 Å². The second kappa shape index (κ2) is 10.1. The molecule has 1 aromatic rings. The molecule has 2 N–H and O–H groups in total. The van der Waals surface area contributed by atoms with E-state index in [1.807, 2.05) is 19.2 Å². The first-order valence-electron chi connectivity index (χ1n) is 8.41. The van der Waals surface area contributed by atoms with Crippen LogP contribution in [0.2, 0.25) is 0 Å². The quantitative estimate of drug-likeness (QED) is 0.400. The number of nitrogens with zero attached hydrogens (tertiary/aromatic N) is 2. The summed E-state index contributed by atoms with van der Waals surface area (Å²) in [7, 11) is 3.69. The molecule has 1 aromatic carbocycles. The van der Waals surface area contributed by atoms with E-state index in [9.17, 15) is 5.11 Å². The summed E-state index contributed by atoms with van der Waals surface area (Å²) >= 11 is 0. The molecule has 1 aliphatic carbocycles. The Bertz CT molecular complexity index is 514. The third-order valence-corrected chi connectivity index (χ3v) is 4.33. The Morgan fingerprint density at radius 2 is 1.92 bits per heavy atom. The van der Waals surface area contributed by atoms with E-state index < -0.39 is 5.60 Å². The van der Waals surface area contributed by atoms with Crippen molar-refractivity contribution in [1.29, 1.82) is 0 Å². The first-order valence-corrected chi connectivity index (χ1v) is 8.41. The lowest BCUT2D eigenvalue weighted by Gasteiger charge is -2.25. The number of nitrogens with one attached hydrogen (secondary N) is 1. The largest absolute Gasteiger partial charge is 0.497 e. The van der Waals surface area contributed by atoms with E-state index in [1.54, 1.807) is 7.11 Å². The molecule has 24 heavy (non-hydrogen) atoms. The van der Waals surface area contributed by atoms with Crippen LogP contribution in [0.25, 0.3) is 0 Å². The molecule has 0 aliphatic heterocycles. The molecule has 0 saturated heterocycles. The molecular weight excluding hydrogens is 417 g/mol. The molecule has 0 spiro atoms. The number of guanidine groups is 1. The Morgan fingerprint density at radius 1 is 1.29 bits per heavy atom. The normalized spacial score (nSPS) is 16.4. The zero-order valence-corrected chi connectivity index (χ0v) is 17.2. The molecular formula is C18H30IN3O2. The van der Waals surface area contributed by atoms with E-state index >= 15 is 0 Å². The number of methoxy groups -OCH3 is 1. The zero-order chi connectivity index (χ0) is 16.7. The molecule has 0 radical (unpaired) electrons. The first-order chi connectivity index (χ1) is 11.1. The summed E-state index contributed by atoms with van der Waals surface area (Å²) in [5.41, 5.74) is 0.584. The van der Waals surface area contributed by atoms with Crippen molar-refractivity contribution in [3.8, 4) is 5.75 Å². The van der Waals surface area contributed by atoms with Crippen molar-refractivity contribution in [2.45, 2.75) is 44.8 Å². The first kappa shape index (κ1) is 21.0. The lowest BCUT2D eigenvalue weighted by Crippen LogP contribution is -2.40. The van der Waals surface area contributed by atoms with Gasteiger partial charge in [-0.05, 0) is 37.5 Å². The Kier molecular flexibility index (Phi) is 8.83. The maximum absolute atomic E-state index is 10.5. The van der Waals surface area contributed by atoms with Crippen LogP contribution in [0.15, 0.2) is 29.3 Å². The molecule has 136 valence electrons. The summed E-state index contributed by atoms with van der Waals surface area (Å²) in [4.78, 5) is 6.74. The van der Waals surface area contributed by atoms with Gasteiger partial charge in [0.25, 0.3) is 0 Å². The summed E-state index contributed by atoms with van der Waals surface area (Å²) in [5, 5.41) is 13.8. The highest BCUT2D eigenvalue weighted by molar-refractivity contribution is 14.0. The van der Waals surface area contributed by atoms with Crippen molar-refractivity contribution in [1.82, 2.24) is 10.2 Å². The Hall–Kier alpha value is -1.02. The highest BCUT2D eigenvalue weighted by Crippen LogP contribution is 2.29.